The Balaban J connectivity index is 1.43. The van der Waals surface area contributed by atoms with E-state index < -0.39 is 0 Å². The van der Waals surface area contributed by atoms with E-state index in [0.717, 1.165) is 28.9 Å². The largest absolute Gasteiger partial charge is 0.504 e. The monoisotopic (exact) mass is 342 g/mol. The zero-order valence-corrected chi connectivity index (χ0v) is 13.7. The highest BCUT2D eigenvalue weighted by Gasteiger charge is 2.16. The Bertz CT molecular complexity index is 1110. The van der Waals surface area contributed by atoms with Gasteiger partial charge in [0.05, 0.1) is 6.54 Å². The number of hydrogen-bond acceptors (Lipinski definition) is 6. The third-order valence-electron chi connectivity index (χ3n) is 4.36. The van der Waals surface area contributed by atoms with Crippen LogP contribution < -0.4 is 5.32 Å². The maximum Gasteiger partial charge on any atom is 0.201 e. The molecule has 0 atom stereocenters. The quantitative estimate of drug-likeness (QED) is 0.743. The third kappa shape index (κ3) is 2.48. The molecule has 2 aliphatic rings. The first-order chi connectivity index (χ1) is 12.8. The molecule has 5 rings (SSSR count). The van der Waals surface area contributed by atoms with Gasteiger partial charge in [-0.25, -0.2) is 9.98 Å². The van der Waals surface area contributed by atoms with Crippen LogP contribution in [0.3, 0.4) is 0 Å². The van der Waals surface area contributed by atoms with Crippen LogP contribution in [0.15, 0.2) is 57.0 Å². The number of aromatic hydroxyl groups is 1. The summed E-state index contributed by atoms with van der Waals surface area (Å²) in [6.07, 6.45) is 7.03. The van der Waals surface area contributed by atoms with Gasteiger partial charge in [-0.2, -0.15) is 0 Å². The maximum absolute atomic E-state index is 10.2. The highest BCUT2D eigenvalue weighted by Crippen LogP contribution is 2.35. The van der Waals surface area contributed by atoms with Crippen molar-refractivity contribution in [3.8, 4) is 5.75 Å². The number of nitrogens with one attached hydrogen (secondary N) is 1. The van der Waals surface area contributed by atoms with Gasteiger partial charge < -0.3 is 14.8 Å². The second kappa shape index (κ2) is 5.70. The van der Waals surface area contributed by atoms with E-state index in [1.54, 1.807) is 24.6 Å². The fourth-order valence-corrected chi connectivity index (χ4v) is 3.06. The van der Waals surface area contributed by atoms with Gasteiger partial charge in [0, 0.05) is 41.5 Å². The molecule has 2 aliphatic heterocycles. The lowest BCUT2D eigenvalue weighted by atomic mass is 10.1. The Hall–Kier alpha value is -3.67. The van der Waals surface area contributed by atoms with Gasteiger partial charge in [0.15, 0.2) is 17.3 Å². The fourth-order valence-electron chi connectivity index (χ4n) is 3.06. The molecule has 0 amide bonds. The minimum atomic E-state index is 0.0634. The predicted molar refractivity (Wildman–Crippen MR) is 102 cm³/mol. The highest BCUT2D eigenvalue weighted by atomic mass is 16.4. The summed E-state index contributed by atoms with van der Waals surface area (Å²) in [6, 6.07) is 11.4. The highest BCUT2D eigenvalue weighted by molar-refractivity contribution is 6.20. The zero-order valence-electron chi connectivity index (χ0n) is 13.7. The predicted octanol–water partition coefficient (Wildman–Crippen LogP) is 4.31. The van der Waals surface area contributed by atoms with E-state index in [1.165, 1.54) is 5.56 Å². The molecule has 6 heteroatoms. The minimum absolute atomic E-state index is 0.0634. The first-order valence-corrected chi connectivity index (χ1v) is 8.20. The van der Waals surface area contributed by atoms with Crippen LogP contribution in [0.4, 0.5) is 17.4 Å². The molecule has 1 aromatic carbocycles. The van der Waals surface area contributed by atoms with E-state index in [4.69, 9.17) is 4.42 Å². The van der Waals surface area contributed by atoms with Crippen LogP contribution in [0.25, 0.3) is 11.6 Å². The average molecular weight is 342 g/mol. The molecular formula is C20H14N4O2. The maximum atomic E-state index is 10.2. The zero-order chi connectivity index (χ0) is 17.5. The van der Waals surface area contributed by atoms with Gasteiger partial charge >= 0.3 is 0 Å². The fraction of sp³-hybridized carbons (Fsp3) is 0.0500. The van der Waals surface area contributed by atoms with E-state index >= 15 is 0 Å². The smallest absolute Gasteiger partial charge is 0.201 e. The molecule has 0 radical (unpaired) electrons. The van der Waals surface area contributed by atoms with Gasteiger partial charge in [-0.1, -0.05) is 6.07 Å². The van der Waals surface area contributed by atoms with Crippen LogP contribution in [0.5, 0.6) is 5.75 Å². The lowest BCUT2D eigenvalue weighted by Gasteiger charge is -2.04. The van der Waals surface area contributed by atoms with Crippen molar-refractivity contribution in [3.63, 3.8) is 0 Å². The molecule has 0 bridgehead atoms. The number of rotatable bonds is 3. The van der Waals surface area contributed by atoms with Crippen molar-refractivity contribution in [2.24, 2.45) is 9.98 Å². The number of anilines is 2. The number of pyridine rings is 1. The molecule has 0 saturated heterocycles. The van der Waals surface area contributed by atoms with E-state index in [1.807, 2.05) is 36.5 Å². The standard InChI is InChI=1S/C20H14N4O2/c25-17-8-19(24-15-4-3-12-9-21-10-13(12)6-15)26-18(17)7-14-11-23-20-16(14)2-1-5-22-20/h1-8,10-11,24-25H,9H2. The molecule has 26 heavy (non-hydrogen) atoms. The van der Waals surface area contributed by atoms with Crippen LogP contribution in [0.2, 0.25) is 0 Å². The first kappa shape index (κ1) is 14.7. The molecule has 3 aromatic rings. The molecular weight excluding hydrogens is 328 g/mol. The molecule has 4 heterocycles. The van der Waals surface area contributed by atoms with Crippen molar-refractivity contribution in [2.75, 3.05) is 5.32 Å². The van der Waals surface area contributed by atoms with Crippen molar-refractivity contribution >= 4 is 41.5 Å². The molecule has 126 valence electrons. The van der Waals surface area contributed by atoms with Gasteiger partial charge in [-0.15, -0.1) is 0 Å². The Kier molecular flexibility index (Phi) is 3.21. The van der Waals surface area contributed by atoms with Crippen LogP contribution in [0.1, 0.15) is 22.5 Å². The van der Waals surface area contributed by atoms with Gasteiger partial charge in [-0.05, 0) is 41.5 Å². The van der Waals surface area contributed by atoms with E-state index in [2.05, 4.69) is 20.3 Å². The minimum Gasteiger partial charge on any atom is -0.504 e. The first-order valence-electron chi connectivity index (χ1n) is 8.20. The number of aromatic nitrogens is 1. The molecule has 6 nitrogen and oxygen atoms in total. The number of furan rings is 1. The lowest BCUT2D eigenvalue weighted by Crippen LogP contribution is -1.91. The number of aliphatic imine (C=N–C) groups is 2. The molecule has 0 unspecified atom stereocenters. The average Bonchev–Trinajstić information content (AvgIpc) is 3.35. The van der Waals surface area contributed by atoms with Crippen LogP contribution in [-0.4, -0.2) is 22.5 Å². The lowest BCUT2D eigenvalue weighted by molar-refractivity contribution is 0.456. The van der Waals surface area contributed by atoms with Gasteiger partial charge in [-0.3, -0.25) is 4.99 Å². The number of hydrogen-bond donors (Lipinski definition) is 2. The summed E-state index contributed by atoms with van der Waals surface area (Å²) in [5.41, 5.74) is 4.94. The summed E-state index contributed by atoms with van der Waals surface area (Å²) in [6.45, 7) is 0.729. The molecule has 0 spiro atoms. The van der Waals surface area contributed by atoms with E-state index in [9.17, 15) is 5.11 Å². The molecule has 0 aliphatic carbocycles. The van der Waals surface area contributed by atoms with Crippen LogP contribution in [-0.2, 0) is 6.54 Å². The Morgan fingerprint density at radius 2 is 2.12 bits per heavy atom. The second-order valence-electron chi connectivity index (χ2n) is 6.10. The van der Waals surface area contributed by atoms with Crippen LogP contribution in [0, 0.1) is 0 Å². The molecule has 0 saturated carbocycles. The second-order valence-corrected chi connectivity index (χ2v) is 6.10. The summed E-state index contributed by atoms with van der Waals surface area (Å²) in [5, 5.41) is 13.4. The third-order valence-corrected chi connectivity index (χ3v) is 4.36. The SMILES string of the molecule is Oc1cc(Nc2ccc3c(c2)C=NC3)oc1C=C1C=Nc2ncccc21. The number of nitrogens with zero attached hydrogens (tertiary/aromatic N) is 3. The number of benzene rings is 1. The summed E-state index contributed by atoms with van der Waals surface area (Å²) < 4.78 is 5.76. The van der Waals surface area contributed by atoms with Crippen molar-refractivity contribution in [3.05, 3.63) is 65.0 Å². The van der Waals surface area contributed by atoms with Crippen molar-refractivity contribution in [1.29, 1.82) is 0 Å². The number of fused-ring (bicyclic) bond motifs is 2. The Morgan fingerprint density at radius 3 is 3.08 bits per heavy atom. The summed E-state index contributed by atoms with van der Waals surface area (Å²) in [7, 11) is 0. The summed E-state index contributed by atoms with van der Waals surface area (Å²) >= 11 is 0. The van der Waals surface area contributed by atoms with Gasteiger partial charge in [0.2, 0.25) is 5.88 Å². The Labute approximate surface area is 149 Å². The van der Waals surface area contributed by atoms with Crippen molar-refractivity contribution in [2.45, 2.75) is 6.54 Å². The molecule has 2 aromatic heterocycles. The Morgan fingerprint density at radius 1 is 1.15 bits per heavy atom. The van der Waals surface area contributed by atoms with Gasteiger partial charge in [0.25, 0.3) is 0 Å². The molecule has 0 fully saturated rings. The van der Waals surface area contributed by atoms with Gasteiger partial charge in [0.1, 0.15) is 0 Å². The topological polar surface area (TPSA) is 83.0 Å². The van der Waals surface area contributed by atoms with E-state index in [-0.39, 0.29) is 5.75 Å². The molecule has 2 N–H and O–H groups in total. The summed E-state index contributed by atoms with van der Waals surface area (Å²) in [4.78, 5) is 12.7. The van der Waals surface area contributed by atoms with Crippen molar-refractivity contribution < 1.29 is 9.52 Å². The number of allylic oxidation sites excluding steroid dienone is 1. The normalized spacial score (nSPS) is 15.5. The van der Waals surface area contributed by atoms with Crippen molar-refractivity contribution in [1.82, 2.24) is 4.98 Å². The van der Waals surface area contributed by atoms with Crippen LogP contribution >= 0.6 is 0 Å². The van der Waals surface area contributed by atoms with E-state index in [0.29, 0.717) is 17.5 Å². The summed E-state index contributed by atoms with van der Waals surface area (Å²) in [5.74, 6) is 1.57.